The third-order valence-corrected chi connectivity index (χ3v) is 2.10. The summed E-state index contributed by atoms with van der Waals surface area (Å²) in [5, 5.41) is 0. The highest BCUT2D eigenvalue weighted by Gasteiger charge is 1.96. The van der Waals surface area contributed by atoms with Crippen LogP contribution in [-0.4, -0.2) is 0 Å². The molecule has 0 fully saturated rings. The van der Waals surface area contributed by atoms with Crippen LogP contribution in [0.4, 0.5) is 0 Å². The molecule has 0 aliphatic heterocycles. The smallest absolute Gasteiger partial charge is 0.0305 e. The van der Waals surface area contributed by atoms with Gasteiger partial charge in [-0.1, -0.05) is 50.3 Å². The second-order valence-electron chi connectivity index (χ2n) is 2.86. The van der Waals surface area contributed by atoms with Crippen molar-refractivity contribution in [1.29, 1.82) is 0 Å². The van der Waals surface area contributed by atoms with E-state index in [2.05, 4.69) is 50.3 Å². The lowest BCUT2D eigenvalue weighted by Gasteiger charge is -2.05. The predicted octanol–water partition coefficient (Wildman–Crippen LogP) is 3.79. The first kappa shape index (κ1) is 9.05. The van der Waals surface area contributed by atoms with Crippen LogP contribution in [0.3, 0.4) is 0 Å². The summed E-state index contributed by atoms with van der Waals surface area (Å²) >= 11 is 0. The van der Waals surface area contributed by atoms with Gasteiger partial charge in [0.2, 0.25) is 0 Å². The first-order valence-corrected chi connectivity index (χ1v) is 4.62. The van der Waals surface area contributed by atoms with Gasteiger partial charge >= 0.3 is 0 Å². The van der Waals surface area contributed by atoms with Crippen LogP contribution in [0, 0.1) is 0 Å². The molecule has 0 aromatic carbocycles. The van der Waals surface area contributed by atoms with Gasteiger partial charge in [-0.3, -0.25) is 0 Å². The summed E-state index contributed by atoms with van der Waals surface area (Å²) in [4.78, 5) is 0. The van der Waals surface area contributed by atoms with E-state index in [1.165, 1.54) is 11.1 Å². The number of hydrogen-bond acceptors (Lipinski definition) is 0. The van der Waals surface area contributed by atoms with Gasteiger partial charge in [0.15, 0.2) is 0 Å². The SMILES string of the molecule is CCC1=C(CC)C=CC=CC=C1. The minimum Gasteiger partial charge on any atom is -0.0623 e. The van der Waals surface area contributed by atoms with E-state index in [9.17, 15) is 0 Å². The van der Waals surface area contributed by atoms with E-state index in [0.29, 0.717) is 0 Å². The van der Waals surface area contributed by atoms with Crippen LogP contribution in [-0.2, 0) is 0 Å². The summed E-state index contributed by atoms with van der Waals surface area (Å²) < 4.78 is 0. The van der Waals surface area contributed by atoms with Gasteiger partial charge in [0.25, 0.3) is 0 Å². The van der Waals surface area contributed by atoms with E-state index >= 15 is 0 Å². The lowest BCUT2D eigenvalue weighted by atomic mass is 10.0. The Morgan fingerprint density at radius 3 is 1.50 bits per heavy atom. The first-order chi connectivity index (χ1) is 5.88. The average Bonchev–Trinajstić information content (AvgIpc) is 2.05. The van der Waals surface area contributed by atoms with Crippen LogP contribution in [0.1, 0.15) is 26.7 Å². The van der Waals surface area contributed by atoms with Crippen LogP contribution >= 0.6 is 0 Å². The molecule has 0 nitrogen and oxygen atoms in total. The second-order valence-corrected chi connectivity index (χ2v) is 2.86. The molecule has 64 valence electrons. The molecule has 0 saturated carbocycles. The summed E-state index contributed by atoms with van der Waals surface area (Å²) in [5.41, 5.74) is 2.91. The Morgan fingerprint density at radius 2 is 1.17 bits per heavy atom. The van der Waals surface area contributed by atoms with Crippen molar-refractivity contribution in [1.82, 2.24) is 0 Å². The van der Waals surface area contributed by atoms with E-state index in [-0.39, 0.29) is 0 Å². The fourth-order valence-corrected chi connectivity index (χ4v) is 1.38. The summed E-state index contributed by atoms with van der Waals surface area (Å²) in [6.07, 6.45) is 15.0. The largest absolute Gasteiger partial charge is 0.0623 e. The maximum Gasteiger partial charge on any atom is -0.0305 e. The number of rotatable bonds is 2. The van der Waals surface area contributed by atoms with Crippen LogP contribution in [0.25, 0.3) is 0 Å². The summed E-state index contributed by atoms with van der Waals surface area (Å²) in [7, 11) is 0. The number of hydrogen-bond donors (Lipinski definition) is 0. The fourth-order valence-electron chi connectivity index (χ4n) is 1.38. The molecule has 12 heavy (non-hydrogen) atoms. The molecule has 0 unspecified atom stereocenters. The molecule has 0 spiro atoms. The molecule has 0 radical (unpaired) electrons. The molecular weight excluding hydrogens is 144 g/mol. The maximum atomic E-state index is 2.21. The van der Waals surface area contributed by atoms with Gasteiger partial charge < -0.3 is 0 Å². The predicted molar refractivity (Wildman–Crippen MR) is 55.0 cm³/mol. The Hall–Kier alpha value is -1.04. The van der Waals surface area contributed by atoms with Gasteiger partial charge in [0.1, 0.15) is 0 Å². The third-order valence-electron chi connectivity index (χ3n) is 2.10. The van der Waals surface area contributed by atoms with Crippen LogP contribution in [0.2, 0.25) is 0 Å². The van der Waals surface area contributed by atoms with E-state index in [4.69, 9.17) is 0 Å². The van der Waals surface area contributed by atoms with Gasteiger partial charge in [-0.25, -0.2) is 0 Å². The lowest BCUT2D eigenvalue weighted by molar-refractivity contribution is 1.05. The highest BCUT2D eigenvalue weighted by molar-refractivity contribution is 5.37. The molecule has 0 amide bonds. The molecule has 1 rings (SSSR count). The lowest BCUT2D eigenvalue weighted by Crippen LogP contribution is -1.85. The maximum absolute atomic E-state index is 2.21. The monoisotopic (exact) mass is 160 g/mol. The highest BCUT2D eigenvalue weighted by atomic mass is 14.0. The molecule has 1 aliphatic rings. The molecule has 0 heterocycles. The molecule has 0 N–H and O–H groups in total. The molecule has 1 aliphatic carbocycles. The van der Waals surface area contributed by atoms with Crippen molar-refractivity contribution in [2.75, 3.05) is 0 Å². The van der Waals surface area contributed by atoms with Crippen molar-refractivity contribution in [3.8, 4) is 0 Å². The van der Waals surface area contributed by atoms with Gasteiger partial charge in [-0.2, -0.15) is 0 Å². The fraction of sp³-hybridized carbons (Fsp3) is 0.333. The first-order valence-electron chi connectivity index (χ1n) is 4.62. The Bertz CT molecular complexity index is 223. The van der Waals surface area contributed by atoms with Gasteiger partial charge in [0.05, 0.1) is 0 Å². The van der Waals surface area contributed by atoms with Crippen LogP contribution < -0.4 is 0 Å². The molecule has 0 bridgehead atoms. The minimum atomic E-state index is 1.12. The molecule has 0 aromatic heterocycles. The van der Waals surface area contributed by atoms with Crippen molar-refractivity contribution >= 4 is 0 Å². The minimum absolute atomic E-state index is 1.12. The van der Waals surface area contributed by atoms with Crippen molar-refractivity contribution in [2.45, 2.75) is 26.7 Å². The van der Waals surface area contributed by atoms with Gasteiger partial charge in [-0.05, 0) is 24.0 Å². The van der Waals surface area contributed by atoms with Crippen LogP contribution in [0.15, 0.2) is 47.6 Å². The molecule has 0 heteroatoms. The second kappa shape index (κ2) is 4.76. The highest BCUT2D eigenvalue weighted by Crippen LogP contribution is 2.16. The zero-order chi connectivity index (χ0) is 8.81. The molecule has 0 aromatic rings. The van der Waals surface area contributed by atoms with Gasteiger partial charge in [-0.15, -0.1) is 0 Å². The van der Waals surface area contributed by atoms with Crippen molar-refractivity contribution in [3.05, 3.63) is 47.6 Å². The molecular formula is C12H16. The Morgan fingerprint density at radius 1 is 0.750 bits per heavy atom. The summed E-state index contributed by atoms with van der Waals surface area (Å²) in [6.45, 7) is 4.41. The molecule has 0 atom stereocenters. The van der Waals surface area contributed by atoms with E-state index < -0.39 is 0 Å². The quantitative estimate of drug-likeness (QED) is 0.576. The van der Waals surface area contributed by atoms with E-state index in [1.807, 2.05) is 0 Å². The van der Waals surface area contributed by atoms with Crippen molar-refractivity contribution in [2.24, 2.45) is 0 Å². The standard InChI is InChI=1S/C12H16/c1-3-11-9-7-5-6-8-10-12(11)4-2/h5-10H,3-4H2,1-2H3. The Labute approximate surface area is 75.0 Å². The van der Waals surface area contributed by atoms with Crippen LogP contribution in [0.5, 0.6) is 0 Å². The van der Waals surface area contributed by atoms with Crippen molar-refractivity contribution < 1.29 is 0 Å². The third kappa shape index (κ3) is 2.23. The zero-order valence-corrected chi connectivity index (χ0v) is 7.88. The Kier molecular flexibility index (Phi) is 3.59. The summed E-state index contributed by atoms with van der Waals surface area (Å²) in [6, 6.07) is 0. The topological polar surface area (TPSA) is 0 Å². The Balaban J connectivity index is 2.95. The number of allylic oxidation sites excluding steroid dienone is 8. The van der Waals surface area contributed by atoms with Gasteiger partial charge in [0, 0.05) is 0 Å². The van der Waals surface area contributed by atoms with Crippen molar-refractivity contribution in [3.63, 3.8) is 0 Å². The van der Waals surface area contributed by atoms with E-state index in [1.54, 1.807) is 0 Å². The summed E-state index contributed by atoms with van der Waals surface area (Å²) in [5.74, 6) is 0. The zero-order valence-electron chi connectivity index (χ0n) is 7.88. The van der Waals surface area contributed by atoms with E-state index in [0.717, 1.165) is 12.8 Å². The average molecular weight is 160 g/mol. The molecule has 0 saturated heterocycles. The normalized spacial score (nSPS) is 16.5.